The van der Waals surface area contributed by atoms with Crippen LogP contribution in [0.2, 0.25) is 0 Å². The van der Waals surface area contributed by atoms with E-state index in [-0.39, 0.29) is 18.8 Å². The van der Waals surface area contributed by atoms with Gasteiger partial charge in [0.25, 0.3) is 6.47 Å². The summed E-state index contributed by atoms with van der Waals surface area (Å²) in [5, 5.41) is 6.89. The lowest BCUT2D eigenvalue weighted by Crippen LogP contribution is -2.17. The lowest BCUT2D eigenvalue weighted by molar-refractivity contribution is -0.122. The van der Waals surface area contributed by atoms with Crippen molar-refractivity contribution >= 4 is 18.2 Å². The number of carbonyl (C=O) groups is 1. The van der Waals surface area contributed by atoms with Crippen LogP contribution in [0.25, 0.3) is 0 Å². The summed E-state index contributed by atoms with van der Waals surface area (Å²) >= 11 is 1.76. The smallest absolute Gasteiger partial charge is 0.290 e. The van der Waals surface area contributed by atoms with Gasteiger partial charge in [-0.05, 0) is 31.0 Å². The first-order valence-electron chi connectivity index (χ1n) is 6.44. The number of hydrogen-bond acceptors (Lipinski definition) is 5. The Hall–Kier alpha value is -1.08. The quantitative estimate of drug-likeness (QED) is 0.636. The van der Waals surface area contributed by atoms with Crippen molar-refractivity contribution in [3.63, 3.8) is 0 Å². The van der Waals surface area contributed by atoms with Crippen LogP contribution in [0.15, 0.2) is 29.2 Å². The van der Waals surface area contributed by atoms with Gasteiger partial charge in [0.2, 0.25) is 0 Å². The van der Waals surface area contributed by atoms with Gasteiger partial charge in [-0.15, -0.1) is 11.8 Å². The van der Waals surface area contributed by atoms with Gasteiger partial charge in [-0.3, -0.25) is 4.79 Å². The van der Waals surface area contributed by atoms with Crippen molar-refractivity contribution in [1.82, 2.24) is 0 Å². The van der Waals surface area contributed by atoms with E-state index < -0.39 is 0 Å². The molecule has 3 N–H and O–H groups in total. The average Bonchev–Trinajstić information content (AvgIpc) is 2.91. The number of ether oxygens (including phenoxy) is 2. The summed E-state index contributed by atoms with van der Waals surface area (Å²) in [5.74, 6) is 0.854. The molecular weight excluding hydrogens is 278 g/mol. The van der Waals surface area contributed by atoms with Crippen LogP contribution in [-0.4, -0.2) is 42.9 Å². The van der Waals surface area contributed by atoms with Gasteiger partial charge in [0, 0.05) is 16.7 Å². The third kappa shape index (κ3) is 6.91. The Kier molecular flexibility index (Phi) is 8.29. The molecule has 20 heavy (non-hydrogen) atoms. The normalized spacial score (nSPS) is 16.3. The van der Waals surface area contributed by atoms with Crippen molar-refractivity contribution < 1.29 is 19.4 Å². The van der Waals surface area contributed by atoms with E-state index in [0.717, 1.165) is 25.4 Å². The van der Waals surface area contributed by atoms with Crippen molar-refractivity contribution in [2.45, 2.75) is 30.6 Å². The van der Waals surface area contributed by atoms with Crippen LogP contribution in [0, 0.1) is 0 Å². The maximum absolute atomic E-state index is 8.36. The van der Waals surface area contributed by atoms with Gasteiger partial charge in [-0.25, -0.2) is 0 Å². The molecule has 0 amide bonds. The van der Waals surface area contributed by atoms with E-state index >= 15 is 0 Å². The van der Waals surface area contributed by atoms with Gasteiger partial charge in [0.1, 0.15) is 0 Å². The average molecular weight is 299 g/mol. The second-order valence-electron chi connectivity index (χ2n) is 4.41. The first kappa shape index (κ1) is 17.0. The van der Waals surface area contributed by atoms with Gasteiger partial charge in [-0.2, -0.15) is 0 Å². The van der Waals surface area contributed by atoms with E-state index in [4.69, 9.17) is 25.1 Å². The maximum atomic E-state index is 8.36. The predicted octanol–water partition coefficient (Wildman–Crippen LogP) is 1.74. The summed E-state index contributed by atoms with van der Waals surface area (Å²) < 4.78 is 10.8. The van der Waals surface area contributed by atoms with E-state index in [1.54, 1.807) is 11.8 Å². The largest absolute Gasteiger partial charge is 0.483 e. The second kappa shape index (κ2) is 9.77. The second-order valence-corrected chi connectivity index (χ2v) is 5.51. The molecule has 6 heteroatoms. The highest BCUT2D eigenvalue weighted by atomic mass is 32.2. The van der Waals surface area contributed by atoms with Crippen LogP contribution in [0.5, 0.6) is 0 Å². The van der Waals surface area contributed by atoms with Gasteiger partial charge < -0.3 is 20.3 Å². The standard InChI is InChI=1S/C13H19NO2S.CH2O2/c1-10(14)8-11-2-4-12(5-3-11)17-9-13-15-6-7-16-13;2-1-3/h2-5,10,13H,6-9,14H2,1H3;1H,(H,2,3). The molecule has 1 aliphatic heterocycles. The Bertz CT molecular complexity index is 377. The molecule has 0 bridgehead atoms. The minimum absolute atomic E-state index is 0.0382. The van der Waals surface area contributed by atoms with E-state index in [2.05, 4.69) is 24.3 Å². The molecule has 1 saturated heterocycles. The molecular formula is C14H21NO4S. The number of carboxylic acid groups (broad SMARTS) is 1. The maximum Gasteiger partial charge on any atom is 0.290 e. The van der Waals surface area contributed by atoms with Gasteiger partial charge in [-0.1, -0.05) is 12.1 Å². The summed E-state index contributed by atoms with van der Waals surface area (Å²) in [4.78, 5) is 9.61. The number of hydrogen-bond donors (Lipinski definition) is 2. The summed E-state index contributed by atoms with van der Waals surface area (Å²) in [6, 6.07) is 8.77. The van der Waals surface area contributed by atoms with Crippen LogP contribution in [0.4, 0.5) is 0 Å². The fourth-order valence-electron chi connectivity index (χ4n) is 1.76. The SMILES string of the molecule is CC(N)Cc1ccc(SCC2OCCO2)cc1.O=CO. The molecule has 0 aliphatic carbocycles. The van der Waals surface area contributed by atoms with Gasteiger partial charge >= 0.3 is 0 Å². The van der Waals surface area contributed by atoms with Crippen molar-refractivity contribution in [3.05, 3.63) is 29.8 Å². The molecule has 1 atom stereocenters. The van der Waals surface area contributed by atoms with Crippen LogP contribution in [0.3, 0.4) is 0 Å². The summed E-state index contributed by atoms with van der Waals surface area (Å²) in [6.07, 6.45) is 0.892. The van der Waals surface area contributed by atoms with Crippen LogP contribution >= 0.6 is 11.8 Å². The van der Waals surface area contributed by atoms with Crippen LogP contribution in [-0.2, 0) is 20.7 Å². The Balaban J connectivity index is 0.000000612. The molecule has 1 fully saturated rings. The first-order valence-corrected chi connectivity index (χ1v) is 7.42. The molecule has 0 aromatic heterocycles. The number of rotatable bonds is 5. The van der Waals surface area contributed by atoms with Gasteiger partial charge in [0.15, 0.2) is 6.29 Å². The van der Waals surface area contributed by atoms with Crippen molar-refractivity contribution in [2.75, 3.05) is 19.0 Å². The monoisotopic (exact) mass is 299 g/mol. The zero-order valence-corrected chi connectivity index (χ0v) is 12.3. The van der Waals surface area contributed by atoms with E-state index in [1.807, 2.05) is 6.92 Å². The van der Waals surface area contributed by atoms with Crippen molar-refractivity contribution in [3.8, 4) is 0 Å². The summed E-state index contributed by atoms with van der Waals surface area (Å²) in [5.41, 5.74) is 7.06. The summed E-state index contributed by atoms with van der Waals surface area (Å²) in [6.45, 7) is 3.22. The third-order valence-corrected chi connectivity index (χ3v) is 3.60. The van der Waals surface area contributed by atoms with Crippen molar-refractivity contribution in [1.29, 1.82) is 0 Å². The fourth-order valence-corrected chi connectivity index (χ4v) is 2.61. The summed E-state index contributed by atoms with van der Waals surface area (Å²) in [7, 11) is 0. The molecule has 112 valence electrons. The molecule has 2 rings (SSSR count). The highest BCUT2D eigenvalue weighted by Crippen LogP contribution is 2.22. The van der Waals surface area contributed by atoms with Crippen molar-refractivity contribution in [2.24, 2.45) is 5.73 Å². The minimum Gasteiger partial charge on any atom is -0.483 e. The predicted molar refractivity (Wildman–Crippen MR) is 78.9 cm³/mol. The molecule has 5 nitrogen and oxygen atoms in total. The fraction of sp³-hybridized carbons (Fsp3) is 0.500. The molecule has 1 aromatic carbocycles. The number of benzene rings is 1. The minimum atomic E-state index is -0.250. The number of nitrogens with two attached hydrogens (primary N) is 1. The Morgan fingerprint density at radius 2 is 1.95 bits per heavy atom. The van der Waals surface area contributed by atoms with E-state index in [0.29, 0.717) is 0 Å². The third-order valence-electron chi connectivity index (χ3n) is 2.56. The van der Waals surface area contributed by atoms with Crippen LogP contribution < -0.4 is 5.73 Å². The topological polar surface area (TPSA) is 81.8 Å². The zero-order valence-electron chi connectivity index (χ0n) is 11.5. The Morgan fingerprint density at radius 3 is 2.45 bits per heavy atom. The highest BCUT2D eigenvalue weighted by molar-refractivity contribution is 7.99. The lowest BCUT2D eigenvalue weighted by atomic mass is 10.1. The van der Waals surface area contributed by atoms with E-state index in [1.165, 1.54) is 10.5 Å². The first-order chi connectivity index (χ1) is 9.65. The molecule has 1 heterocycles. The highest BCUT2D eigenvalue weighted by Gasteiger charge is 2.15. The zero-order chi connectivity index (χ0) is 14.8. The van der Waals surface area contributed by atoms with Crippen LogP contribution in [0.1, 0.15) is 12.5 Å². The molecule has 1 aliphatic rings. The Labute approximate surface area is 123 Å². The van der Waals surface area contributed by atoms with E-state index in [9.17, 15) is 0 Å². The number of thioether (sulfide) groups is 1. The molecule has 0 radical (unpaired) electrons. The Morgan fingerprint density at radius 1 is 1.40 bits per heavy atom. The molecule has 0 spiro atoms. The molecule has 1 unspecified atom stereocenters. The molecule has 1 aromatic rings. The molecule has 0 saturated carbocycles. The lowest BCUT2D eigenvalue weighted by Gasteiger charge is -2.09. The van der Waals surface area contributed by atoms with Gasteiger partial charge in [0.05, 0.1) is 13.2 Å².